The molecule has 1 aliphatic rings. The van der Waals surface area contributed by atoms with Crippen molar-refractivity contribution < 1.29 is 0 Å². The van der Waals surface area contributed by atoms with Crippen LogP contribution in [0.5, 0.6) is 0 Å². The first kappa shape index (κ1) is 8.01. The zero-order chi connectivity index (χ0) is 8.77. The molecule has 0 spiro atoms. The highest BCUT2D eigenvalue weighted by molar-refractivity contribution is 7.71. The Morgan fingerprint density at radius 1 is 1.50 bits per heavy atom. The molecular formula is C7H7ClN2OS. The van der Waals surface area contributed by atoms with Gasteiger partial charge in [-0.15, -0.1) is 11.6 Å². The van der Waals surface area contributed by atoms with Gasteiger partial charge in [0, 0.05) is 11.8 Å². The summed E-state index contributed by atoms with van der Waals surface area (Å²) in [6.45, 7) is 0. The predicted octanol–water partition coefficient (Wildman–Crippen LogP) is 1.66. The summed E-state index contributed by atoms with van der Waals surface area (Å²) >= 11 is 10.9. The van der Waals surface area contributed by atoms with Gasteiger partial charge in [0.25, 0.3) is 5.56 Å². The molecule has 0 aromatic carbocycles. The van der Waals surface area contributed by atoms with E-state index in [4.69, 9.17) is 23.8 Å². The zero-order valence-electron chi connectivity index (χ0n) is 6.19. The maximum atomic E-state index is 11.0. The molecule has 2 rings (SSSR count). The Labute approximate surface area is 78.8 Å². The lowest BCUT2D eigenvalue weighted by atomic mass is 10.3. The number of aromatic amines is 2. The van der Waals surface area contributed by atoms with E-state index in [0.29, 0.717) is 4.77 Å². The first-order chi connectivity index (χ1) is 5.60. The molecule has 3 nitrogen and oxygen atoms in total. The van der Waals surface area contributed by atoms with E-state index >= 15 is 0 Å². The molecule has 0 radical (unpaired) electrons. The van der Waals surface area contributed by atoms with Gasteiger partial charge in [-0.3, -0.25) is 9.78 Å². The standard InChI is InChI=1S/C7H7ClN2OS/c8-7(1-2-7)4-3-5(11)10-6(12)9-4/h3H,1-2H2,(H2,9,10,11,12). The first-order valence-corrected chi connectivity index (χ1v) is 4.42. The van der Waals surface area contributed by atoms with E-state index in [2.05, 4.69) is 9.97 Å². The minimum Gasteiger partial charge on any atom is -0.334 e. The second kappa shape index (κ2) is 2.44. The molecule has 64 valence electrons. The molecule has 5 heteroatoms. The molecule has 0 amide bonds. The highest BCUT2D eigenvalue weighted by atomic mass is 35.5. The van der Waals surface area contributed by atoms with Gasteiger partial charge >= 0.3 is 0 Å². The molecule has 1 fully saturated rings. The van der Waals surface area contributed by atoms with Crippen LogP contribution in [0.1, 0.15) is 18.5 Å². The molecular weight excluding hydrogens is 196 g/mol. The molecule has 1 aromatic heterocycles. The van der Waals surface area contributed by atoms with E-state index in [1.807, 2.05) is 0 Å². The van der Waals surface area contributed by atoms with Crippen molar-refractivity contribution in [2.24, 2.45) is 0 Å². The summed E-state index contributed by atoms with van der Waals surface area (Å²) in [4.78, 5) is 16.0. The molecule has 1 saturated carbocycles. The van der Waals surface area contributed by atoms with Crippen LogP contribution in [0.25, 0.3) is 0 Å². The summed E-state index contributed by atoms with van der Waals surface area (Å²) in [5.41, 5.74) is 0.540. The fourth-order valence-corrected chi connectivity index (χ4v) is 1.50. The van der Waals surface area contributed by atoms with Crippen LogP contribution in [0.3, 0.4) is 0 Å². The molecule has 0 aliphatic heterocycles. The van der Waals surface area contributed by atoms with Crippen molar-refractivity contribution in [1.82, 2.24) is 9.97 Å². The number of alkyl halides is 1. The second-order valence-corrected chi connectivity index (χ2v) is 4.10. The monoisotopic (exact) mass is 202 g/mol. The minimum atomic E-state index is -0.345. The molecule has 0 unspecified atom stereocenters. The van der Waals surface area contributed by atoms with Gasteiger partial charge in [0.2, 0.25) is 0 Å². The molecule has 1 heterocycles. The Kier molecular flexibility index (Phi) is 1.63. The van der Waals surface area contributed by atoms with Crippen LogP contribution in [-0.4, -0.2) is 9.97 Å². The van der Waals surface area contributed by atoms with E-state index in [1.165, 1.54) is 6.07 Å². The molecule has 2 N–H and O–H groups in total. The molecule has 0 saturated heterocycles. The summed E-state index contributed by atoms with van der Waals surface area (Å²) in [5, 5.41) is 0. The lowest BCUT2D eigenvalue weighted by Gasteiger charge is -2.04. The van der Waals surface area contributed by atoms with Crippen LogP contribution in [0.4, 0.5) is 0 Å². The number of hydrogen-bond donors (Lipinski definition) is 2. The smallest absolute Gasteiger partial charge is 0.251 e. The van der Waals surface area contributed by atoms with E-state index in [9.17, 15) is 4.79 Å². The zero-order valence-corrected chi connectivity index (χ0v) is 7.76. The average Bonchev–Trinajstić information content (AvgIpc) is 2.67. The molecule has 0 atom stereocenters. The molecule has 12 heavy (non-hydrogen) atoms. The highest BCUT2D eigenvalue weighted by Gasteiger charge is 2.43. The van der Waals surface area contributed by atoms with E-state index in [-0.39, 0.29) is 10.4 Å². The normalized spacial score (nSPS) is 19.1. The largest absolute Gasteiger partial charge is 0.334 e. The van der Waals surface area contributed by atoms with Gasteiger partial charge in [-0.25, -0.2) is 0 Å². The summed E-state index contributed by atoms with van der Waals surface area (Å²) in [6, 6.07) is 1.47. The number of halogens is 1. The van der Waals surface area contributed by atoms with Crippen molar-refractivity contribution in [3.8, 4) is 0 Å². The lowest BCUT2D eigenvalue weighted by molar-refractivity contribution is 0.896. The van der Waals surface area contributed by atoms with Crippen LogP contribution >= 0.6 is 23.8 Å². The van der Waals surface area contributed by atoms with Gasteiger partial charge in [-0.05, 0) is 25.1 Å². The SMILES string of the molecule is O=c1cc(C2(Cl)CC2)[nH]c(=S)[nH]1. The van der Waals surface area contributed by atoms with Gasteiger partial charge in [0.05, 0.1) is 4.87 Å². The van der Waals surface area contributed by atoms with Crippen molar-refractivity contribution in [2.45, 2.75) is 17.7 Å². The fourth-order valence-electron chi connectivity index (χ4n) is 1.09. The van der Waals surface area contributed by atoms with Gasteiger partial charge in [0.1, 0.15) is 0 Å². The number of rotatable bonds is 1. The van der Waals surface area contributed by atoms with E-state index < -0.39 is 0 Å². The number of aromatic nitrogens is 2. The summed E-state index contributed by atoms with van der Waals surface area (Å²) in [6.07, 6.45) is 1.81. The van der Waals surface area contributed by atoms with E-state index in [0.717, 1.165) is 18.5 Å². The van der Waals surface area contributed by atoms with Gasteiger partial charge in [0.15, 0.2) is 4.77 Å². The third kappa shape index (κ3) is 1.32. The number of nitrogens with one attached hydrogen (secondary N) is 2. The van der Waals surface area contributed by atoms with Crippen LogP contribution in [-0.2, 0) is 4.87 Å². The minimum absolute atomic E-state index is 0.194. The Morgan fingerprint density at radius 2 is 2.17 bits per heavy atom. The Bertz CT molecular complexity index is 390. The molecule has 1 aliphatic carbocycles. The van der Waals surface area contributed by atoms with Crippen molar-refractivity contribution >= 4 is 23.8 Å². The average molecular weight is 203 g/mol. The van der Waals surface area contributed by atoms with Crippen molar-refractivity contribution in [2.75, 3.05) is 0 Å². The lowest BCUT2D eigenvalue weighted by Crippen LogP contribution is -2.12. The topological polar surface area (TPSA) is 48.6 Å². The van der Waals surface area contributed by atoms with E-state index in [1.54, 1.807) is 0 Å². The third-order valence-corrected chi connectivity index (χ3v) is 2.72. The second-order valence-electron chi connectivity index (χ2n) is 2.97. The summed E-state index contributed by atoms with van der Waals surface area (Å²) < 4.78 is 0.337. The maximum absolute atomic E-state index is 11.0. The molecule has 0 bridgehead atoms. The van der Waals surface area contributed by atoms with Crippen molar-refractivity contribution in [3.63, 3.8) is 0 Å². The van der Waals surface area contributed by atoms with Crippen LogP contribution in [0.2, 0.25) is 0 Å². The Balaban J connectivity index is 2.59. The highest BCUT2D eigenvalue weighted by Crippen LogP contribution is 2.50. The first-order valence-electron chi connectivity index (χ1n) is 3.63. The van der Waals surface area contributed by atoms with Crippen LogP contribution in [0.15, 0.2) is 10.9 Å². The predicted molar refractivity (Wildman–Crippen MR) is 49.0 cm³/mol. The fraction of sp³-hybridized carbons (Fsp3) is 0.429. The van der Waals surface area contributed by atoms with Crippen LogP contribution in [0, 0.1) is 4.77 Å². The number of H-pyrrole nitrogens is 2. The van der Waals surface area contributed by atoms with Crippen molar-refractivity contribution in [1.29, 1.82) is 0 Å². The molecule has 1 aromatic rings. The Morgan fingerprint density at radius 3 is 2.67 bits per heavy atom. The summed E-state index contributed by atoms with van der Waals surface area (Å²) in [5.74, 6) is 0. The maximum Gasteiger partial charge on any atom is 0.251 e. The van der Waals surface area contributed by atoms with Crippen LogP contribution < -0.4 is 5.56 Å². The Hall–Kier alpha value is -0.610. The quantitative estimate of drug-likeness (QED) is 0.538. The van der Waals surface area contributed by atoms with Gasteiger partial charge < -0.3 is 4.98 Å². The summed E-state index contributed by atoms with van der Waals surface area (Å²) in [7, 11) is 0. The van der Waals surface area contributed by atoms with Gasteiger partial charge in [-0.1, -0.05) is 0 Å². The number of hydrogen-bond acceptors (Lipinski definition) is 2. The third-order valence-electron chi connectivity index (χ3n) is 1.93. The van der Waals surface area contributed by atoms with Crippen molar-refractivity contribution in [3.05, 3.63) is 26.9 Å². The van der Waals surface area contributed by atoms with Gasteiger partial charge in [-0.2, -0.15) is 0 Å².